The molecule has 1 fully saturated rings. The lowest BCUT2D eigenvalue weighted by atomic mass is 9.79. The van der Waals surface area contributed by atoms with E-state index in [-0.39, 0.29) is 12.3 Å². The summed E-state index contributed by atoms with van der Waals surface area (Å²) in [5, 5.41) is 16.4. The second kappa shape index (κ2) is 6.28. The molecule has 0 aliphatic heterocycles. The van der Waals surface area contributed by atoms with Crippen LogP contribution < -0.4 is 5.32 Å². The highest BCUT2D eigenvalue weighted by Gasteiger charge is 2.36. The lowest BCUT2D eigenvalue weighted by Gasteiger charge is -2.37. The maximum absolute atomic E-state index is 12.5. The van der Waals surface area contributed by atoms with Crippen molar-refractivity contribution in [2.24, 2.45) is 7.05 Å². The summed E-state index contributed by atoms with van der Waals surface area (Å²) in [6.45, 7) is 1.95. The van der Waals surface area contributed by atoms with E-state index in [9.17, 15) is 9.59 Å². The molecule has 1 saturated carbocycles. The van der Waals surface area contributed by atoms with Gasteiger partial charge in [-0.25, -0.2) is 0 Å². The summed E-state index contributed by atoms with van der Waals surface area (Å²) in [6.07, 6.45) is 6.84. The van der Waals surface area contributed by atoms with E-state index in [1.54, 1.807) is 17.9 Å². The maximum Gasteiger partial charge on any atom is 0.305 e. The predicted octanol–water partition coefficient (Wildman–Crippen LogP) is 1.89. The van der Waals surface area contributed by atoms with Gasteiger partial charge in [0.2, 0.25) is 0 Å². The van der Waals surface area contributed by atoms with Crippen molar-refractivity contribution in [2.45, 2.75) is 57.4 Å². The van der Waals surface area contributed by atoms with Gasteiger partial charge in [-0.2, -0.15) is 5.10 Å². The Balaban J connectivity index is 2.19. The number of aryl methyl sites for hydroxylation is 2. The Bertz CT molecular complexity index is 530. The molecule has 2 N–H and O–H groups in total. The van der Waals surface area contributed by atoms with Gasteiger partial charge in [-0.1, -0.05) is 26.2 Å². The van der Waals surface area contributed by atoms with Crippen LogP contribution in [0.2, 0.25) is 0 Å². The lowest BCUT2D eigenvalue weighted by molar-refractivity contribution is -0.139. The molecule has 0 aromatic carbocycles. The minimum absolute atomic E-state index is 0.0134. The van der Waals surface area contributed by atoms with E-state index in [2.05, 4.69) is 10.4 Å². The average molecular weight is 293 g/mol. The van der Waals surface area contributed by atoms with Gasteiger partial charge >= 0.3 is 5.97 Å². The van der Waals surface area contributed by atoms with Crippen LogP contribution in [0.15, 0.2) is 6.20 Å². The van der Waals surface area contributed by atoms with Crippen molar-refractivity contribution in [1.82, 2.24) is 15.1 Å². The summed E-state index contributed by atoms with van der Waals surface area (Å²) < 4.78 is 1.62. The van der Waals surface area contributed by atoms with E-state index in [1.165, 1.54) is 0 Å². The minimum atomic E-state index is -0.862. The van der Waals surface area contributed by atoms with E-state index >= 15 is 0 Å². The van der Waals surface area contributed by atoms with E-state index in [0.29, 0.717) is 12.0 Å². The van der Waals surface area contributed by atoms with Crippen LogP contribution in [0, 0.1) is 0 Å². The van der Waals surface area contributed by atoms with Gasteiger partial charge in [-0.05, 0) is 19.3 Å². The summed E-state index contributed by atoms with van der Waals surface area (Å²) in [6, 6.07) is 0. The van der Waals surface area contributed by atoms with Gasteiger partial charge in [-0.15, -0.1) is 0 Å². The maximum atomic E-state index is 12.5. The number of nitrogens with zero attached hydrogens (tertiary/aromatic N) is 2. The third kappa shape index (κ3) is 3.62. The highest BCUT2D eigenvalue weighted by Crippen LogP contribution is 2.31. The van der Waals surface area contributed by atoms with Crippen molar-refractivity contribution in [3.63, 3.8) is 0 Å². The van der Waals surface area contributed by atoms with Gasteiger partial charge < -0.3 is 10.4 Å². The predicted molar refractivity (Wildman–Crippen MR) is 78.1 cm³/mol. The summed E-state index contributed by atoms with van der Waals surface area (Å²) in [5.41, 5.74) is 0.689. The Kier molecular flexibility index (Phi) is 4.65. The summed E-state index contributed by atoms with van der Waals surface area (Å²) >= 11 is 0. The molecule has 2 rings (SSSR count). The molecule has 1 heterocycles. The first-order chi connectivity index (χ1) is 9.96. The molecule has 0 saturated heterocycles. The lowest BCUT2D eigenvalue weighted by Crippen LogP contribution is -2.51. The molecule has 1 aliphatic carbocycles. The molecule has 6 heteroatoms. The molecule has 0 bridgehead atoms. The number of hydrogen-bond acceptors (Lipinski definition) is 3. The molecule has 21 heavy (non-hydrogen) atoms. The van der Waals surface area contributed by atoms with E-state index in [4.69, 9.17) is 5.11 Å². The zero-order chi connectivity index (χ0) is 15.5. The smallest absolute Gasteiger partial charge is 0.305 e. The molecule has 0 radical (unpaired) electrons. The fourth-order valence-corrected chi connectivity index (χ4v) is 3.16. The Morgan fingerprint density at radius 2 is 2.05 bits per heavy atom. The van der Waals surface area contributed by atoms with Gasteiger partial charge in [0.05, 0.1) is 23.2 Å². The SMILES string of the molecule is CCc1nn(C)cc1C(=O)NC1(CC(=O)O)CCCCC1. The van der Waals surface area contributed by atoms with Crippen LogP contribution in [-0.4, -0.2) is 32.3 Å². The number of carbonyl (C=O) groups is 2. The Labute approximate surface area is 124 Å². The number of rotatable bonds is 5. The number of carboxylic acids is 1. The Hall–Kier alpha value is -1.85. The summed E-state index contributed by atoms with van der Waals surface area (Å²) in [7, 11) is 1.78. The molecular formula is C15H23N3O3. The second-order valence-electron chi connectivity index (χ2n) is 5.88. The van der Waals surface area contributed by atoms with Crippen LogP contribution in [0.4, 0.5) is 0 Å². The minimum Gasteiger partial charge on any atom is -0.481 e. The van der Waals surface area contributed by atoms with Gasteiger partial charge in [0.1, 0.15) is 0 Å². The molecule has 0 unspecified atom stereocenters. The molecule has 1 aromatic rings. The first-order valence-corrected chi connectivity index (χ1v) is 7.52. The van der Waals surface area contributed by atoms with Crippen molar-refractivity contribution >= 4 is 11.9 Å². The molecule has 1 aromatic heterocycles. The molecule has 116 valence electrons. The molecule has 1 aliphatic rings. The van der Waals surface area contributed by atoms with Gasteiger partial charge in [0.25, 0.3) is 5.91 Å². The molecule has 6 nitrogen and oxygen atoms in total. The summed E-state index contributed by atoms with van der Waals surface area (Å²) in [4.78, 5) is 23.7. The van der Waals surface area contributed by atoms with E-state index < -0.39 is 11.5 Å². The Morgan fingerprint density at radius 1 is 1.38 bits per heavy atom. The van der Waals surface area contributed by atoms with Crippen LogP contribution >= 0.6 is 0 Å². The first kappa shape index (κ1) is 15.5. The van der Waals surface area contributed by atoms with Gasteiger partial charge in [0, 0.05) is 13.2 Å². The first-order valence-electron chi connectivity index (χ1n) is 7.52. The highest BCUT2D eigenvalue weighted by atomic mass is 16.4. The van der Waals surface area contributed by atoms with Crippen LogP contribution in [0.25, 0.3) is 0 Å². The zero-order valence-electron chi connectivity index (χ0n) is 12.7. The number of aliphatic carboxylic acids is 1. The van der Waals surface area contributed by atoms with Crippen LogP contribution in [0.3, 0.4) is 0 Å². The topological polar surface area (TPSA) is 84.2 Å². The normalized spacial score (nSPS) is 17.4. The van der Waals surface area contributed by atoms with E-state index in [1.807, 2.05) is 6.92 Å². The number of hydrogen-bond donors (Lipinski definition) is 2. The van der Waals surface area contributed by atoms with Crippen molar-refractivity contribution < 1.29 is 14.7 Å². The highest BCUT2D eigenvalue weighted by molar-refractivity contribution is 5.95. The third-order valence-corrected chi connectivity index (χ3v) is 4.16. The van der Waals surface area contributed by atoms with Crippen LogP contribution in [0.1, 0.15) is 61.5 Å². The zero-order valence-corrected chi connectivity index (χ0v) is 12.7. The number of aromatic nitrogens is 2. The van der Waals surface area contributed by atoms with Crippen LogP contribution in [0.5, 0.6) is 0 Å². The number of carbonyl (C=O) groups excluding carboxylic acids is 1. The Morgan fingerprint density at radius 3 is 2.62 bits per heavy atom. The number of nitrogens with one attached hydrogen (secondary N) is 1. The average Bonchev–Trinajstić information content (AvgIpc) is 2.80. The number of carboxylic acid groups (broad SMARTS) is 1. The molecule has 0 spiro atoms. The van der Waals surface area contributed by atoms with Gasteiger partial charge in [-0.3, -0.25) is 14.3 Å². The third-order valence-electron chi connectivity index (χ3n) is 4.16. The van der Waals surface area contributed by atoms with Crippen molar-refractivity contribution in [1.29, 1.82) is 0 Å². The summed E-state index contributed by atoms with van der Waals surface area (Å²) in [5.74, 6) is -1.07. The molecule has 0 atom stereocenters. The van der Waals surface area contributed by atoms with Crippen molar-refractivity contribution in [3.8, 4) is 0 Å². The standard InChI is InChI=1S/C15H23N3O3/c1-3-12-11(10-18(2)17-12)14(21)16-15(9-13(19)20)7-5-4-6-8-15/h10H,3-9H2,1-2H3,(H,16,21)(H,19,20). The van der Waals surface area contributed by atoms with Crippen molar-refractivity contribution in [3.05, 3.63) is 17.5 Å². The fraction of sp³-hybridized carbons (Fsp3) is 0.667. The largest absolute Gasteiger partial charge is 0.481 e. The molecular weight excluding hydrogens is 270 g/mol. The van der Waals surface area contributed by atoms with Crippen molar-refractivity contribution in [2.75, 3.05) is 0 Å². The second-order valence-corrected chi connectivity index (χ2v) is 5.88. The quantitative estimate of drug-likeness (QED) is 0.868. The monoisotopic (exact) mass is 293 g/mol. The molecule has 1 amide bonds. The van der Waals surface area contributed by atoms with E-state index in [0.717, 1.165) is 37.8 Å². The fourth-order valence-electron chi connectivity index (χ4n) is 3.16. The van der Waals surface area contributed by atoms with Gasteiger partial charge in [0.15, 0.2) is 0 Å². The number of amides is 1. The van der Waals surface area contributed by atoms with Crippen LogP contribution in [-0.2, 0) is 18.3 Å².